The summed E-state index contributed by atoms with van der Waals surface area (Å²) in [6.07, 6.45) is 1.87. The van der Waals surface area contributed by atoms with E-state index in [1.54, 1.807) is 31.1 Å². The van der Waals surface area contributed by atoms with Crippen LogP contribution in [0.5, 0.6) is 5.75 Å². The van der Waals surface area contributed by atoms with E-state index in [1.807, 2.05) is 24.3 Å². The lowest BCUT2D eigenvalue weighted by atomic mass is 10.0. The molecule has 2 aromatic rings. The molecule has 2 amide bonds. The van der Waals surface area contributed by atoms with E-state index in [0.717, 1.165) is 24.2 Å². The Morgan fingerprint density at radius 3 is 2.67 bits per heavy atom. The van der Waals surface area contributed by atoms with Crippen molar-refractivity contribution in [1.82, 2.24) is 4.90 Å². The van der Waals surface area contributed by atoms with Crippen molar-refractivity contribution in [2.45, 2.75) is 25.8 Å². The van der Waals surface area contributed by atoms with Gasteiger partial charge >= 0.3 is 6.03 Å². The first-order valence-corrected chi connectivity index (χ1v) is 8.06. The molecule has 1 aliphatic heterocycles. The van der Waals surface area contributed by atoms with Crippen LogP contribution in [0.1, 0.15) is 30.0 Å². The number of hydrogen-bond donors (Lipinski definition) is 1. The Balaban J connectivity index is 1.74. The highest BCUT2D eigenvalue weighted by Gasteiger charge is 2.30. The number of amides is 2. The van der Waals surface area contributed by atoms with Crippen molar-refractivity contribution in [3.63, 3.8) is 0 Å². The summed E-state index contributed by atoms with van der Waals surface area (Å²) in [5, 5.41) is 2.80. The normalized spacial score (nSPS) is 17.0. The molecule has 1 saturated heterocycles. The lowest BCUT2D eigenvalue weighted by Crippen LogP contribution is -2.34. The molecular formula is C19H21FN2O2. The maximum absolute atomic E-state index is 13.6. The molecule has 1 atom stereocenters. The first-order valence-electron chi connectivity index (χ1n) is 8.06. The quantitative estimate of drug-likeness (QED) is 0.900. The highest BCUT2D eigenvalue weighted by molar-refractivity contribution is 5.89. The SMILES string of the molecule is COc1ccc([C@H]2CCCN2C(=O)Nc2ccc(C)c(F)c2)cc1. The van der Waals surface area contributed by atoms with Crippen LogP contribution in [0.3, 0.4) is 0 Å². The number of hydrogen-bond acceptors (Lipinski definition) is 2. The van der Waals surface area contributed by atoms with Gasteiger partial charge in [0.05, 0.1) is 13.2 Å². The molecule has 5 heteroatoms. The number of ether oxygens (including phenoxy) is 1. The zero-order chi connectivity index (χ0) is 17.1. The van der Waals surface area contributed by atoms with E-state index < -0.39 is 0 Å². The summed E-state index contributed by atoms with van der Waals surface area (Å²) in [6.45, 7) is 2.39. The number of nitrogens with one attached hydrogen (secondary N) is 1. The van der Waals surface area contributed by atoms with Crippen molar-refractivity contribution in [2.24, 2.45) is 0 Å². The second-order valence-electron chi connectivity index (χ2n) is 6.02. The number of halogens is 1. The number of carbonyl (C=O) groups is 1. The number of anilines is 1. The molecule has 1 heterocycles. The number of carbonyl (C=O) groups excluding carboxylic acids is 1. The fourth-order valence-corrected chi connectivity index (χ4v) is 3.05. The van der Waals surface area contributed by atoms with Crippen molar-refractivity contribution in [3.05, 3.63) is 59.4 Å². The fourth-order valence-electron chi connectivity index (χ4n) is 3.05. The topological polar surface area (TPSA) is 41.6 Å². The van der Waals surface area contributed by atoms with Crippen molar-refractivity contribution in [1.29, 1.82) is 0 Å². The first kappa shape index (κ1) is 16.3. The second-order valence-corrected chi connectivity index (χ2v) is 6.02. The summed E-state index contributed by atoms with van der Waals surface area (Å²) in [4.78, 5) is 14.4. The largest absolute Gasteiger partial charge is 0.497 e. The minimum Gasteiger partial charge on any atom is -0.497 e. The molecule has 1 N–H and O–H groups in total. The van der Waals surface area contributed by atoms with E-state index in [0.29, 0.717) is 17.8 Å². The Kier molecular flexibility index (Phi) is 4.69. The average molecular weight is 328 g/mol. The van der Waals surface area contributed by atoms with E-state index in [-0.39, 0.29) is 17.9 Å². The Bertz CT molecular complexity index is 731. The van der Waals surface area contributed by atoms with Crippen LogP contribution in [0.25, 0.3) is 0 Å². The standard InChI is InChI=1S/C19H21FN2O2/c1-13-5-8-15(12-17(13)20)21-19(23)22-11-3-4-18(22)14-6-9-16(24-2)10-7-14/h5-10,12,18H,3-4,11H2,1-2H3,(H,21,23)/t18-/m1/s1. The van der Waals surface area contributed by atoms with E-state index >= 15 is 0 Å². The van der Waals surface area contributed by atoms with Gasteiger partial charge in [-0.2, -0.15) is 0 Å². The van der Waals surface area contributed by atoms with Crippen LogP contribution >= 0.6 is 0 Å². The van der Waals surface area contributed by atoms with Crippen LogP contribution in [-0.4, -0.2) is 24.6 Å². The molecule has 0 aliphatic carbocycles. The van der Waals surface area contributed by atoms with Gasteiger partial charge in [-0.15, -0.1) is 0 Å². The lowest BCUT2D eigenvalue weighted by molar-refractivity contribution is 0.207. The molecule has 3 rings (SSSR count). The Labute approximate surface area is 141 Å². The van der Waals surface area contributed by atoms with Gasteiger partial charge in [0.2, 0.25) is 0 Å². The molecule has 0 saturated carbocycles. The summed E-state index contributed by atoms with van der Waals surface area (Å²) < 4.78 is 18.8. The number of aryl methyl sites for hydroxylation is 1. The molecule has 2 aromatic carbocycles. The van der Waals surface area contributed by atoms with Gasteiger partial charge < -0.3 is 15.0 Å². The number of methoxy groups -OCH3 is 1. The van der Waals surface area contributed by atoms with Gasteiger partial charge in [0.1, 0.15) is 11.6 Å². The predicted octanol–water partition coefficient (Wildman–Crippen LogP) is 4.51. The number of benzene rings is 2. The van der Waals surface area contributed by atoms with E-state index in [4.69, 9.17) is 4.74 Å². The average Bonchev–Trinajstić information content (AvgIpc) is 3.08. The van der Waals surface area contributed by atoms with Gasteiger partial charge in [0, 0.05) is 12.2 Å². The van der Waals surface area contributed by atoms with E-state index in [1.165, 1.54) is 6.07 Å². The molecule has 24 heavy (non-hydrogen) atoms. The Morgan fingerprint density at radius 1 is 1.25 bits per heavy atom. The molecule has 0 radical (unpaired) electrons. The Morgan fingerprint density at radius 2 is 2.00 bits per heavy atom. The van der Waals surface area contributed by atoms with Gasteiger partial charge in [-0.25, -0.2) is 9.18 Å². The maximum atomic E-state index is 13.6. The minimum absolute atomic E-state index is 0.0335. The van der Waals surface area contributed by atoms with Crippen LogP contribution in [0, 0.1) is 12.7 Å². The third-order valence-corrected chi connectivity index (χ3v) is 4.44. The molecule has 1 aliphatic rings. The zero-order valence-corrected chi connectivity index (χ0v) is 13.9. The van der Waals surface area contributed by atoms with Gasteiger partial charge in [-0.05, 0) is 55.2 Å². The number of rotatable bonds is 3. The molecule has 0 bridgehead atoms. The third-order valence-electron chi connectivity index (χ3n) is 4.44. The molecule has 126 valence electrons. The second kappa shape index (κ2) is 6.91. The van der Waals surface area contributed by atoms with Crippen LogP contribution in [0.2, 0.25) is 0 Å². The fraction of sp³-hybridized carbons (Fsp3) is 0.316. The summed E-state index contributed by atoms with van der Waals surface area (Å²) >= 11 is 0. The molecule has 0 aromatic heterocycles. The Hall–Kier alpha value is -2.56. The number of likely N-dealkylation sites (tertiary alicyclic amines) is 1. The summed E-state index contributed by atoms with van der Waals surface area (Å²) in [6, 6.07) is 12.3. The van der Waals surface area contributed by atoms with Crippen LogP contribution in [0.15, 0.2) is 42.5 Å². The van der Waals surface area contributed by atoms with Crippen molar-refractivity contribution >= 4 is 11.7 Å². The summed E-state index contributed by atoms with van der Waals surface area (Å²) in [5.41, 5.74) is 2.12. The summed E-state index contributed by atoms with van der Waals surface area (Å²) in [5.74, 6) is 0.476. The zero-order valence-electron chi connectivity index (χ0n) is 13.9. The van der Waals surface area contributed by atoms with Crippen LogP contribution in [-0.2, 0) is 0 Å². The van der Waals surface area contributed by atoms with Gasteiger partial charge in [-0.1, -0.05) is 18.2 Å². The molecule has 4 nitrogen and oxygen atoms in total. The highest BCUT2D eigenvalue weighted by Crippen LogP contribution is 2.33. The van der Waals surface area contributed by atoms with E-state index in [2.05, 4.69) is 5.32 Å². The molecular weight excluding hydrogens is 307 g/mol. The van der Waals surface area contributed by atoms with E-state index in [9.17, 15) is 9.18 Å². The van der Waals surface area contributed by atoms with Gasteiger partial charge in [0.15, 0.2) is 0 Å². The molecule has 1 fully saturated rings. The molecule has 0 spiro atoms. The van der Waals surface area contributed by atoms with Crippen molar-refractivity contribution in [2.75, 3.05) is 19.0 Å². The van der Waals surface area contributed by atoms with Gasteiger partial charge in [0.25, 0.3) is 0 Å². The molecule has 0 unspecified atom stereocenters. The third kappa shape index (κ3) is 3.35. The minimum atomic E-state index is -0.319. The highest BCUT2D eigenvalue weighted by atomic mass is 19.1. The summed E-state index contributed by atoms with van der Waals surface area (Å²) in [7, 11) is 1.63. The number of nitrogens with zero attached hydrogens (tertiary/aromatic N) is 1. The number of urea groups is 1. The van der Waals surface area contributed by atoms with Crippen molar-refractivity contribution in [3.8, 4) is 5.75 Å². The lowest BCUT2D eigenvalue weighted by Gasteiger charge is -2.25. The monoisotopic (exact) mass is 328 g/mol. The van der Waals surface area contributed by atoms with Crippen molar-refractivity contribution < 1.29 is 13.9 Å². The first-order chi connectivity index (χ1) is 11.6. The predicted molar refractivity (Wildman–Crippen MR) is 91.8 cm³/mol. The smallest absolute Gasteiger partial charge is 0.322 e. The maximum Gasteiger partial charge on any atom is 0.322 e. The van der Waals surface area contributed by atoms with Crippen LogP contribution < -0.4 is 10.1 Å². The van der Waals surface area contributed by atoms with Gasteiger partial charge in [-0.3, -0.25) is 0 Å². The van der Waals surface area contributed by atoms with Crippen LogP contribution in [0.4, 0.5) is 14.9 Å².